The highest BCUT2D eigenvalue weighted by Gasteiger charge is 2.34. The summed E-state index contributed by atoms with van der Waals surface area (Å²) >= 11 is 0. The van der Waals surface area contributed by atoms with Crippen molar-refractivity contribution in [2.45, 2.75) is 32.7 Å². The maximum absolute atomic E-state index is 12.8. The van der Waals surface area contributed by atoms with Crippen molar-refractivity contribution in [3.63, 3.8) is 0 Å². The topological polar surface area (TPSA) is 47.4 Å². The lowest BCUT2D eigenvalue weighted by Gasteiger charge is -2.18. The maximum Gasteiger partial charge on any atom is 0.227 e. The first-order valence-corrected chi connectivity index (χ1v) is 9.40. The second kappa shape index (κ2) is 7.16. The van der Waals surface area contributed by atoms with Crippen LogP contribution in [0.25, 0.3) is 11.0 Å². The van der Waals surface area contributed by atoms with E-state index in [0.717, 1.165) is 29.1 Å². The maximum atomic E-state index is 12.8. The standard InChI is InChI=1S/C22H25N3O2/c1-15-8-9-18(12-16(15)2)25-14-17(13-21(25)26)22-23-19-6-4-5-7-20(19)24(22)10-11-27-3/h4-9,12,17H,10-11,13-14H2,1-3H3. The molecule has 1 aromatic heterocycles. The Labute approximate surface area is 159 Å². The zero-order chi connectivity index (χ0) is 19.0. The SMILES string of the molecule is COCCn1c(C2CC(=O)N(c3ccc(C)c(C)c3)C2)nc2ccccc21. The summed E-state index contributed by atoms with van der Waals surface area (Å²) in [5, 5.41) is 0. The summed E-state index contributed by atoms with van der Waals surface area (Å²) in [5.41, 5.74) is 5.49. The number of carbonyl (C=O) groups excluding carboxylic acids is 1. The third-order valence-corrected chi connectivity index (χ3v) is 5.50. The normalized spacial score (nSPS) is 17.2. The number of hydrogen-bond donors (Lipinski definition) is 0. The summed E-state index contributed by atoms with van der Waals surface area (Å²) in [4.78, 5) is 19.5. The fraction of sp³-hybridized carbons (Fsp3) is 0.364. The van der Waals surface area contributed by atoms with Gasteiger partial charge in [0.15, 0.2) is 0 Å². The zero-order valence-electron chi connectivity index (χ0n) is 16.1. The summed E-state index contributed by atoms with van der Waals surface area (Å²) in [6.07, 6.45) is 0.489. The van der Waals surface area contributed by atoms with Gasteiger partial charge < -0.3 is 14.2 Å². The van der Waals surface area contributed by atoms with Crippen LogP contribution in [0.5, 0.6) is 0 Å². The van der Waals surface area contributed by atoms with Gasteiger partial charge in [-0.1, -0.05) is 18.2 Å². The number of para-hydroxylation sites is 2. The first-order chi connectivity index (χ1) is 13.1. The van der Waals surface area contributed by atoms with E-state index < -0.39 is 0 Å². The highest BCUT2D eigenvalue weighted by molar-refractivity contribution is 5.96. The van der Waals surface area contributed by atoms with Crippen molar-refractivity contribution in [2.75, 3.05) is 25.2 Å². The Kier molecular flexibility index (Phi) is 4.70. The van der Waals surface area contributed by atoms with Crippen molar-refractivity contribution in [3.8, 4) is 0 Å². The average molecular weight is 363 g/mol. The van der Waals surface area contributed by atoms with E-state index in [-0.39, 0.29) is 11.8 Å². The third-order valence-electron chi connectivity index (χ3n) is 5.50. The van der Waals surface area contributed by atoms with E-state index >= 15 is 0 Å². The number of aryl methyl sites for hydroxylation is 2. The minimum absolute atomic E-state index is 0.0864. The van der Waals surface area contributed by atoms with Gasteiger partial charge in [-0.05, 0) is 49.2 Å². The van der Waals surface area contributed by atoms with E-state index in [0.29, 0.717) is 19.6 Å². The number of amides is 1. The van der Waals surface area contributed by atoms with E-state index in [4.69, 9.17) is 9.72 Å². The first kappa shape index (κ1) is 17.7. The lowest BCUT2D eigenvalue weighted by molar-refractivity contribution is -0.117. The van der Waals surface area contributed by atoms with Crippen molar-refractivity contribution in [2.24, 2.45) is 0 Å². The minimum Gasteiger partial charge on any atom is -0.383 e. The van der Waals surface area contributed by atoms with E-state index in [1.54, 1.807) is 7.11 Å². The molecule has 0 aliphatic carbocycles. The average Bonchev–Trinajstić information content (AvgIpc) is 3.23. The van der Waals surface area contributed by atoms with Crippen LogP contribution in [0.4, 0.5) is 5.69 Å². The second-order valence-corrected chi connectivity index (χ2v) is 7.28. The molecule has 3 aromatic rings. The van der Waals surface area contributed by atoms with Gasteiger partial charge in [0.1, 0.15) is 5.82 Å². The lowest BCUT2D eigenvalue weighted by atomic mass is 10.1. The first-order valence-electron chi connectivity index (χ1n) is 9.40. The fourth-order valence-electron chi connectivity index (χ4n) is 3.85. The van der Waals surface area contributed by atoms with Crippen LogP contribution in [0, 0.1) is 13.8 Å². The number of rotatable bonds is 5. The molecule has 1 aliphatic rings. The van der Waals surface area contributed by atoms with Gasteiger partial charge in [-0.3, -0.25) is 4.79 Å². The Bertz CT molecular complexity index is 992. The predicted molar refractivity (Wildman–Crippen MR) is 107 cm³/mol. The van der Waals surface area contributed by atoms with Crippen LogP contribution in [-0.2, 0) is 16.1 Å². The molecular weight excluding hydrogens is 338 g/mol. The third kappa shape index (κ3) is 3.23. The van der Waals surface area contributed by atoms with Gasteiger partial charge >= 0.3 is 0 Å². The molecule has 1 unspecified atom stereocenters. The van der Waals surface area contributed by atoms with E-state index in [9.17, 15) is 4.79 Å². The minimum atomic E-state index is 0.0864. The van der Waals surface area contributed by atoms with Gasteiger partial charge in [0.05, 0.1) is 17.6 Å². The van der Waals surface area contributed by atoms with Gasteiger partial charge in [0.25, 0.3) is 0 Å². The van der Waals surface area contributed by atoms with Crippen molar-refractivity contribution in [1.29, 1.82) is 0 Å². The van der Waals surface area contributed by atoms with E-state index in [2.05, 4.69) is 36.6 Å². The molecule has 140 valence electrons. The molecule has 0 radical (unpaired) electrons. The monoisotopic (exact) mass is 363 g/mol. The molecule has 0 spiro atoms. The summed E-state index contributed by atoms with van der Waals surface area (Å²) in [6.45, 7) is 6.19. The van der Waals surface area contributed by atoms with Gasteiger partial charge in [-0.2, -0.15) is 0 Å². The van der Waals surface area contributed by atoms with Crippen LogP contribution in [0.1, 0.15) is 29.3 Å². The Morgan fingerprint density at radius 2 is 1.96 bits per heavy atom. The number of anilines is 1. The molecule has 1 atom stereocenters. The molecule has 1 fully saturated rings. The number of ether oxygens (including phenoxy) is 1. The number of imidazole rings is 1. The second-order valence-electron chi connectivity index (χ2n) is 7.28. The molecule has 0 bridgehead atoms. The number of carbonyl (C=O) groups is 1. The molecular formula is C22H25N3O2. The molecule has 1 amide bonds. The summed E-state index contributed by atoms with van der Waals surface area (Å²) in [7, 11) is 1.71. The number of fused-ring (bicyclic) bond motifs is 1. The number of benzene rings is 2. The largest absolute Gasteiger partial charge is 0.383 e. The molecule has 5 heteroatoms. The van der Waals surface area contributed by atoms with Crippen LogP contribution in [0.3, 0.4) is 0 Å². The Hall–Kier alpha value is -2.66. The highest BCUT2D eigenvalue weighted by Crippen LogP contribution is 2.33. The zero-order valence-corrected chi connectivity index (χ0v) is 16.1. The summed E-state index contributed by atoms with van der Waals surface area (Å²) < 4.78 is 7.50. The van der Waals surface area contributed by atoms with Crippen molar-refractivity contribution >= 4 is 22.6 Å². The van der Waals surface area contributed by atoms with Gasteiger partial charge in [-0.15, -0.1) is 0 Å². The van der Waals surface area contributed by atoms with Crippen molar-refractivity contribution in [1.82, 2.24) is 9.55 Å². The highest BCUT2D eigenvalue weighted by atomic mass is 16.5. The van der Waals surface area contributed by atoms with Crippen molar-refractivity contribution < 1.29 is 9.53 Å². The smallest absolute Gasteiger partial charge is 0.227 e. The summed E-state index contributed by atoms with van der Waals surface area (Å²) in [6, 6.07) is 14.4. The van der Waals surface area contributed by atoms with E-state index in [1.807, 2.05) is 29.2 Å². The number of hydrogen-bond acceptors (Lipinski definition) is 3. The predicted octanol–water partition coefficient (Wildman–Crippen LogP) is 3.82. The number of nitrogens with zero attached hydrogens (tertiary/aromatic N) is 3. The molecule has 0 N–H and O–H groups in total. The van der Waals surface area contributed by atoms with Crippen molar-refractivity contribution in [3.05, 3.63) is 59.4 Å². The molecule has 2 aromatic carbocycles. The number of aromatic nitrogens is 2. The fourth-order valence-corrected chi connectivity index (χ4v) is 3.85. The Balaban J connectivity index is 1.68. The molecule has 27 heavy (non-hydrogen) atoms. The molecule has 1 aliphatic heterocycles. The quantitative estimate of drug-likeness (QED) is 0.692. The molecule has 2 heterocycles. The van der Waals surface area contributed by atoms with Crippen LogP contribution < -0.4 is 4.90 Å². The van der Waals surface area contributed by atoms with Gasteiger partial charge in [0, 0.05) is 38.2 Å². The van der Waals surface area contributed by atoms with Crippen LogP contribution in [0.15, 0.2) is 42.5 Å². The summed E-state index contributed by atoms with van der Waals surface area (Å²) in [5.74, 6) is 1.23. The van der Waals surface area contributed by atoms with E-state index in [1.165, 1.54) is 11.1 Å². The van der Waals surface area contributed by atoms with Crippen LogP contribution in [-0.4, -0.2) is 35.7 Å². The molecule has 4 rings (SSSR count). The lowest BCUT2D eigenvalue weighted by Crippen LogP contribution is -2.24. The Morgan fingerprint density at radius 1 is 1.15 bits per heavy atom. The van der Waals surface area contributed by atoms with Crippen LogP contribution >= 0.6 is 0 Å². The number of methoxy groups -OCH3 is 1. The van der Waals surface area contributed by atoms with Crippen LogP contribution in [0.2, 0.25) is 0 Å². The Morgan fingerprint density at radius 3 is 2.74 bits per heavy atom. The molecule has 5 nitrogen and oxygen atoms in total. The van der Waals surface area contributed by atoms with Gasteiger partial charge in [-0.25, -0.2) is 4.98 Å². The molecule has 0 saturated carbocycles. The van der Waals surface area contributed by atoms with Gasteiger partial charge in [0.2, 0.25) is 5.91 Å². The molecule has 1 saturated heterocycles.